The second-order valence-corrected chi connectivity index (χ2v) is 14.1. The predicted octanol–water partition coefficient (Wildman–Crippen LogP) is 2.31. The van der Waals surface area contributed by atoms with Crippen LogP contribution in [-0.4, -0.2) is 84.2 Å². The summed E-state index contributed by atoms with van der Waals surface area (Å²) in [4.78, 5) is 45.6. The minimum atomic E-state index is -4.33. The van der Waals surface area contributed by atoms with Crippen LogP contribution in [0.1, 0.15) is 64.7 Å². The average molecular weight is 587 g/mol. The quantitative estimate of drug-likeness (QED) is 0.215. The van der Waals surface area contributed by atoms with E-state index in [1.807, 2.05) is 0 Å². The number of piperidine rings is 1. The second kappa shape index (κ2) is 11.8. The highest BCUT2D eigenvalue weighted by Gasteiger charge is 2.60. The van der Waals surface area contributed by atoms with Crippen molar-refractivity contribution in [3.8, 4) is 0 Å². The monoisotopic (exact) mass is 586 g/mol. The third-order valence-electron chi connectivity index (χ3n) is 6.42. The van der Waals surface area contributed by atoms with E-state index in [0.29, 0.717) is 23.4 Å². The van der Waals surface area contributed by atoms with Crippen molar-refractivity contribution in [1.82, 2.24) is 19.4 Å². The van der Waals surface area contributed by atoms with Crippen LogP contribution in [0.25, 0.3) is 0 Å². The molecule has 13 heteroatoms. The number of rotatable bonds is 7. The van der Waals surface area contributed by atoms with Crippen LogP contribution in [-0.2, 0) is 29.4 Å². The maximum absolute atomic E-state index is 14.0. The first-order valence-electron chi connectivity index (χ1n) is 13.0. The molecule has 2 fully saturated rings. The smallest absolute Gasteiger partial charge is 0.339 e. The van der Waals surface area contributed by atoms with Crippen LogP contribution in [0.2, 0.25) is 5.02 Å². The molecule has 1 aromatic carbocycles. The molecular weight excluding hydrogens is 548 g/mol. The van der Waals surface area contributed by atoms with Crippen molar-refractivity contribution in [2.45, 2.75) is 71.1 Å². The Kier molecular flexibility index (Phi) is 9.51. The van der Waals surface area contributed by atoms with Crippen molar-refractivity contribution in [2.24, 2.45) is 5.92 Å². The van der Waals surface area contributed by atoms with Crippen LogP contribution in [0.3, 0.4) is 0 Å². The van der Waals surface area contributed by atoms with Gasteiger partial charge in [0.15, 0.2) is 5.78 Å². The largest absolute Gasteiger partial charge is 0.458 e. The number of carbonyl (C=O) groups is 3. The predicted molar refractivity (Wildman–Crippen MR) is 146 cm³/mol. The lowest BCUT2D eigenvalue weighted by Gasteiger charge is -2.46. The summed E-state index contributed by atoms with van der Waals surface area (Å²) in [6, 6.07) is 6.59. The number of ketones is 1. The molecule has 1 amide bonds. The van der Waals surface area contributed by atoms with Gasteiger partial charge in [-0.25, -0.2) is 10.3 Å². The summed E-state index contributed by atoms with van der Waals surface area (Å²) in [7, 11) is -4.33. The van der Waals surface area contributed by atoms with Gasteiger partial charge in [0.2, 0.25) is 5.54 Å². The lowest BCUT2D eigenvalue weighted by atomic mass is 9.90. The Balaban J connectivity index is 1.88. The van der Waals surface area contributed by atoms with Crippen LogP contribution >= 0.6 is 11.6 Å². The van der Waals surface area contributed by atoms with Crippen LogP contribution in [0, 0.1) is 5.92 Å². The van der Waals surface area contributed by atoms with Crippen molar-refractivity contribution < 1.29 is 32.4 Å². The van der Waals surface area contributed by atoms with Crippen molar-refractivity contribution in [3.05, 3.63) is 34.9 Å². The fraction of sp³-hybridized carbons (Fsp3) is 0.654. The number of carbonyl (C=O) groups excluding carboxylic acids is 3. The minimum absolute atomic E-state index is 0.0563. The number of benzene rings is 1. The van der Waals surface area contributed by atoms with Crippen LogP contribution in [0.15, 0.2) is 24.3 Å². The van der Waals surface area contributed by atoms with Gasteiger partial charge in [0.05, 0.1) is 5.60 Å². The molecule has 2 saturated heterocycles. The Labute approximate surface area is 235 Å². The van der Waals surface area contributed by atoms with Gasteiger partial charge in [-0.3, -0.25) is 14.4 Å². The molecule has 0 bridgehead atoms. The zero-order valence-electron chi connectivity index (χ0n) is 23.4. The number of hydrogen-bond acceptors (Lipinski definition) is 8. The summed E-state index contributed by atoms with van der Waals surface area (Å²) in [5.41, 5.74) is -1.22. The van der Waals surface area contributed by atoms with E-state index >= 15 is 0 Å². The SMILES string of the molecule is CC(C)(C)ONC(=O)[C@@]1(C(=O)OC(C)(C)C)CNCCN1S(=O)(=O)N1CCC(C(=O)c2ccc(Cl)cc2)CC1. The molecule has 0 unspecified atom stereocenters. The molecule has 2 aliphatic rings. The highest BCUT2D eigenvalue weighted by Crippen LogP contribution is 2.31. The van der Waals surface area contributed by atoms with Gasteiger partial charge in [0, 0.05) is 49.2 Å². The van der Waals surface area contributed by atoms with Gasteiger partial charge in [0.25, 0.3) is 16.1 Å². The van der Waals surface area contributed by atoms with E-state index in [4.69, 9.17) is 21.2 Å². The van der Waals surface area contributed by atoms with Gasteiger partial charge < -0.3 is 10.1 Å². The van der Waals surface area contributed by atoms with Gasteiger partial charge in [-0.15, -0.1) is 0 Å². The van der Waals surface area contributed by atoms with Crippen LogP contribution < -0.4 is 10.8 Å². The van der Waals surface area contributed by atoms with E-state index in [0.717, 1.165) is 4.31 Å². The molecule has 3 rings (SSSR count). The van der Waals surface area contributed by atoms with Gasteiger partial charge in [-0.1, -0.05) is 11.6 Å². The first-order chi connectivity index (χ1) is 18.0. The number of piperazine rings is 1. The molecule has 2 aliphatic heterocycles. The number of nitrogens with zero attached hydrogens (tertiary/aromatic N) is 2. The van der Waals surface area contributed by atoms with E-state index < -0.39 is 38.8 Å². The lowest BCUT2D eigenvalue weighted by Crippen LogP contribution is -2.75. The zero-order chi connectivity index (χ0) is 29.2. The number of ether oxygens (including phenoxy) is 1. The van der Waals surface area contributed by atoms with E-state index in [1.54, 1.807) is 65.8 Å². The highest BCUT2D eigenvalue weighted by molar-refractivity contribution is 7.86. The summed E-state index contributed by atoms with van der Waals surface area (Å²) in [6.45, 7) is 9.92. The molecule has 0 spiro atoms. The fourth-order valence-corrected chi connectivity index (χ4v) is 6.50. The van der Waals surface area contributed by atoms with Crippen molar-refractivity contribution >= 4 is 39.5 Å². The summed E-state index contributed by atoms with van der Waals surface area (Å²) in [5.74, 6) is -2.39. The Morgan fingerprint density at radius 3 is 2.13 bits per heavy atom. The van der Waals surface area contributed by atoms with E-state index in [9.17, 15) is 22.8 Å². The van der Waals surface area contributed by atoms with Crippen LogP contribution in [0.4, 0.5) is 0 Å². The maximum Gasteiger partial charge on any atom is 0.339 e. The molecule has 218 valence electrons. The molecule has 0 aliphatic carbocycles. The molecule has 11 nitrogen and oxygen atoms in total. The molecule has 1 atom stereocenters. The highest BCUT2D eigenvalue weighted by atomic mass is 35.5. The molecule has 2 N–H and O–H groups in total. The molecule has 2 heterocycles. The average Bonchev–Trinajstić information content (AvgIpc) is 2.85. The normalized spacial score (nSPS) is 22.3. The van der Waals surface area contributed by atoms with Gasteiger partial charge in [-0.05, 0) is 78.6 Å². The molecule has 39 heavy (non-hydrogen) atoms. The molecule has 0 saturated carbocycles. The van der Waals surface area contributed by atoms with Crippen molar-refractivity contribution in [1.29, 1.82) is 0 Å². The van der Waals surface area contributed by atoms with E-state index in [-0.39, 0.29) is 44.4 Å². The third kappa shape index (κ3) is 7.36. The van der Waals surface area contributed by atoms with E-state index in [1.165, 1.54) is 4.31 Å². The third-order valence-corrected chi connectivity index (χ3v) is 8.74. The number of hydrogen-bond donors (Lipinski definition) is 2. The van der Waals surface area contributed by atoms with E-state index in [2.05, 4.69) is 10.8 Å². The van der Waals surface area contributed by atoms with Crippen molar-refractivity contribution in [3.63, 3.8) is 0 Å². The standard InChI is InChI=1S/C26H39ClN4O7S/c1-24(2,3)37-23(34)26(22(33)29-38-25(4,5)6)17-28-13-16-31(26)39(35,36)30-14-11-19(12-15-30)21(32)18-7-9-20(27)10-8-18/h7-10,19,28H,11-17H2,1-6H3,(H,29,33)/t26-/m1/s1. The number of hydroxylamine groups is 1. The van der Waals surface area contributed by atoms with Crippen LogP contribution in [0.5, 0.6) is 0 Å². The van der Waals surface area contributed by atoms with Crippen molar-refractivity contribution in [2.75, 3.05) is 32.7 Å². The first kappa shape index (κ1) is 31.4. The summed E-state index contributed by atoms with van der Waals surface area (Å²) in [5, 5.41) is 3.50. The number of esters is 1. The maximum atomic E-state index is 14.0. The first-order valence-corrected chi connectivity index (χ1v) is 14.8. The van der Waals surface area contributed by atoms with Gasteiger partial charge >= 0.3 is 5.97 Å². The number of nitrogens with one attached hydrogen (secondary N) is 2. The number of amides is 1. The lowest BCUT2D eigenvalue weighted by molar-refractivity contribution is -0.178. The summed E-state index contributed by atoms with van der Waals surface area (Å²) in [6.07, 6.45) is 0.594. The van der Waals surface area contributed by atoms with Gasteiger partial charge in [-0.2, -0.15) is 17.0 Å². The molecule has 0 radical (unpaired) electrons. The minimum Gasteiger partial charge on any atom is -0.458 e. The second-order valence-electron chi connectivity index (χ2n) is 11.8. The Morgan fingerprint density at radius 1 is 1.00 bits per heavy atom. The Hall–Kier alpha value is -2.09. The fourth-order valence-electron chi connectivity index (χ4n) is 4.49. The zero-order valence-corrected chi connectivity index (χ0v) is 24.9. The molecule has 0 aromatic heterocycles. The molecule has 1 aromatic rings. The summed E-state index contributed by atoms with van der Waals surface area (Å²) < 4.78 is 35.7. The number of Topliss-reactive ketones (excluding diaryl/α,β-unsaturated/α-hetero) is 1. The summed E-state index contributed by atoms with van der Waals surface area (Å²) >= 11 is 5.93. The topological polar surface area (TPSA) is 134 Å². The Morgan fingerprint density at radius 2 is 1.59 bits per heavy atom. The number of halogens is 1. The van der Waals surface area contributed by atoms with Gasteiger partial charge in [0.1, 0.15) is 5.60 Å². The Bertz CT molecular complexity index is 1170. The molecular formula is C26H39ClN4O7S.